The zero-order valence-electron chi connectivity index (χ0n) is 39.9. The number of carbonyl (C=O) groups is 4. The Balaban J connectivity index is 1.26. The normalized spacial score (nSPS) is 27.3. The van der Waals surface area contributed by atoms with Gasteiger partial charge in [-0.15, -0.1) is 0 Å². The number of amides is 2. The maximum absolute atomic E-state index is 15.2. The lowest BCUT2D eigenvalue weighted by Crippen LogP contribution is -2.49. The number of benzene rings is 1. The number of aromatic nitrogens is 2. The molecule has 2 amide bonds. The van der Waals surface area contributed by atoms with Crippen LogP contribution in [0, 0.1) is 29.1 Å². The molecular formula is C50H64F2N4O10S. The average molecular weight is 951 g/mol. The van der Waals surface area contributed by atoms with Gasteiger partial charge in [-0.3, -0.25) is 28.9 Å². The van der Waals surface area contributed by atoms with E-state index in [0.29, 0.717) is 72.7 Å². The summed E-state index contributed by atoms with van der Waals surface area (Å²) in [7, 11) is -2.49. The fraction of sp³-hybridized carbons (Fsp3) is 0.600. The van der Waals surface area contributed by atoms with Crippen LogP contribution in [0.1, 0.15) is 113 Å². The molecule has 1 aromatic carbocycles. The molecule has 364 valence electrons. The lowest BCUT2D eigenvalue weighted by atomic mass is 9.82. The molecule has 3 fully saturated rings. The molecule has 0 unspecified atom stereocenters. The molecule has 2 aliphatic carbocycles. The van der Waals surface area contributed by atoms with Crippen molar-refractivity contribution < 1.29 is 55.3 Å². The molecule has 3 aromatic rings. The van der Waals surface area contributed by atoms with Gasteiger partial charge in [0.05, 0.1) is 65.9 Å². The van der Waals surface area contributed by atoms with Crippen LogP contribution < -0.4 is 18.9 Å². The molecule has 2 aromatic heterocycles. The summed E-state index contributed by atoms with van der Waals surface area (Å²) in [6.45, 7) is 12.0. The highest BCUT2D eigenvalue weighted by molar-refractivity contribution is 7.91. The van der Waals surface area contributed by atoms with Gasteiger partial charge >= 0.3 is 5.97 Å². The number of esters is 1. The summed E-state index contributed by atoms with van der Waals surface area (Å²) in [5.74, 6) is -6.72. The van der Waals surface area contributed by atoms with Crippen LogP contribution in [-0.4, -0.2) is 95.0 Å². The van der Waals surface area contributed by atoms with E-state index in [4.69, 9.17) is 23.9 Å². The molecule has 14 nitrogen and oxygen atoms in total. The highest BCUT2D eigenvalue weighted by Crippen LogP contribution is 2.58. The number of alkyl halides is 2. The van der Waals surface area contributed by atoms with Gasteiger partial charge in [0, 0.05) is 25.2 Å². The molecule has 4 heterocycles. The van der Waals surface area contributed by atoms with Gasteiger partial charge in [0.2, 0.25) is 27.7 Å². The zero-order valence-corrected chi connectivity index (χ0v) is 40.7. The minimum atomic E-state index is -4.04. The Morgan fingerprint density at radius 2 is 1.73 bits per heavy atom. The summed E-state index contributed by atoms with van der Waals surface area (Å²) in [5, 5.41) is 1.32. The predicted molar refractivity (Wildman–Crippen MR) is 247 cm³/mol. The largest absolute Gasteiger partial charge is 0.497 e. The third kappa shape index (κ3) is 10.8. The molecular weight excluding hydrogens is 887 g/mol. The first-order valence-corrected chi connectivity index (χ1v) is 24.8. The van der Waals surface area contributed by atoms with Gasteiger partial charge in [0.1, 0.15) is 17.6 Å². The van der Waals surface area contributed by atoms with Crippen LogP contribution in [0.3, 0.4) is 0 Å². The summed E-state index contributed by atoms with van der Waals surface area (Å²) in [6.07, 6.45) is 6.48. The Labute approximate surface area is 392 Å². The lowest BCUT2D eigenvalue weighted by molar-refractivity contribution is -0.197. The van der Waals surface area contributed by atoms with E-state index >= 15 is 4.79 Å². The van der Waals surface area contributed by atoms with Crippen LogP contribution in [0.5, 0.6) is 17.4 Å². The summed E-state index contributed by atoms with van der Waals surface area (Å²) < 4.78 is 80.6. The number of allylic oxidation sites excluding steroid dienone is 2. The third-order valence-corrected chi connectivity index (χ3v) is 16.4. The van der Waals surface area contributed by atoms with E-state index in [2.05, 4.69) is 9.71 Å². The number of nitrogens with zero attached hydrogens (tertiary/aromatic N) is 3. The first kappa shape index (κ1) is 49.7. The van der Waals surface area contributed by atoms with E-state index in [1.807, 2.05) is 52.0 Å². The number of carbonyl (C=O) groups excluding carboxylic acids is 4. The highest BCUT2D eigenvalue weighted by atomic mass is 32.2. The van der Waals surface area contributed by atoms with E-state index in [-0.39, 0.29) is 43.7 Å². The predicted octanol–water partition coefficient (Wildman–Crippen LogP) is 8.40. The van der Waals surface area contributed by atoms with Crippen LogP contribution in [0.25, 0.3) is 22.2 Å². The van der Waals surface area contributed by atoms with Gasteiger partial charge < -0.3 is 23.8 Å². The number of ketones is 1. The Hall–Kier alpha value is -5.19. The molecule has 2 saturated carbocycles. The van der Waals surface area contributed by atoms with Gasteiger partial charge in [-0.1, -0.05) is 26.0 Å². The summed E-state index contributed by atoms with van der Waals surface area (Å²) in [4.78, 5) is 68.8. The molecule has 1 saturated heterocycles. The fourth-order valence-corrected chi connectivity index (χ4v) is 10.6. The van der Waals surface area contributed by atoms with Crippen molar-refractivity contribution in [3.8, 4) is 28.8 Å². The number of Topliss-reactive ketones (excluding diaryl/α,β-unsaturated/α-hetero) is 1. The van der Waals surface area contributed by atoms with E-state index < -0.39 is 91.6 Å². The van der Waals surface area contributed by atoms with Crippen LogP contribution in [0.2, 0.25) is 0 Å². The number of pyridine rings is 2. The summed E-state index contributed by atoms with van der Waals surface area (Å²) in [5.41, 5.74) is -2.57. The molecule has 2 aliphatic heterocycles. The maximum atomic E-state index is 15.2. The van der Waals surface area contributed by atoms with Crippen molar-refractivity contribution in [2.75, 3.05) is 13.7 Å². The van der Waals surface area contributed by atoms with Gasteiger partial charge in [0.25, 0.3) is 5.92 Å². The Morgan fingerprint density at radius 1 is 1.01 bits per heavy atom. The van der Waals surface area contributed by atoms with Gasteiger partial charge in [0.15, 0.2) is 11.4 Å². The minimum Gasteiger partial charge on any atom is -0.497 e. The second-order valence-corrected chi connectivity index (χ2v) is 22.6. The van der Waals surface area contributed by atoms with Crippen molar-refractivity contribution in [1.82, 2.24) is 19.6 Å². The van der Waals surface area contributed by atoms with Crippen molar-refractivity contribution in [2.45, 2.75) is 148 Å². The topological polar surface area (TPSA) is 180 Å². The summed E-state index contributed by atoms with van der Waals surface area (Å²) in [6, 6.07) is 9.62. The Kier molecular flexibility index (Phi) is 13.9. The van der Waals surface area contributed by atoms with Gasteiger partial charge in [-0.25, -0.2) is 22.2 Å². The monoisotopic (exact) mass is 950 g/mol. The molecule has 67 heavy (non-hydrogen) atoms. The first-order valence-electron chi connectivity index (χ1n) is 23.3. The van der Waals surface area contributed by atoms with Crippen LogP contribution in [-0.2, 0) is 33.9 Å². The second kappa shape index (κ2) is 18.7. The smallest absolute Gasteiger partial charge is 0.307 e. The van der Waals surface area contributed by atoms with Crippen LogP contribution in [0.15, 0.2) is 54.7 Å². The van der Waals surface area contributed by atoms with Crippen molar-refractivity contribution in [3.63, 3.8) is 0 Å². The van der Waals surface area contributed by atoms with E-state index in [1.165, 1.54) is 4.90 Å². The summed E-state index contributed by atoms with van der Waals surface area (Å²) >= 11 is 0. The first-order chi connectivity index (χ1) is 31.3. The van der Waals surface area contributed by atoms with Crippen molar-refractivity contribution in [1.29, 1.82) is 0 Å². The Bertz CT molecular complexity index is 2520. The van der Waals surface area contributed by atoms with Crippen LogP contribution in [0.4, 0.5) is 8.78 Å². The maximum Gasteiger partial charge on any atom is 0.307 e. The SMILES string of the molecule is COc1ccc2c(O[C@@H]3C[C@H]4C(=O)C[C@]5(C(=O)NS(=O)(=O)C6(C)CC6)C[C@H]5/C=C\CC[C@H](C)C[C@@H](C)[C@H](CC(=O)OC(C)(C)C(C)(F)F)C(=O)N4C3)nc(-c3ccc(OC(C)C)cn3)cc2c1. The number of hydrogen-bond acceptors (Lipinski definition) is 12. The average Bonchev–Trinajstić information content (AvgIpc) is 4.13. The second-order valence-electron chi connectivity index (χ2n) is 20.4. The van der Waals surface area contributed by atoms with Gasteiger partial charge in [-0.05, 0) is 133 Å². The molecule has 4 aliphatic rings. The lowest BCUT2D eigenvalue weighted by Gasteiger charge is -2.34. The number of hydrogen-bond donors (Lipinski definition) is 1. The number of halogens is 2. The number of fused-ring (bicyclic) bond motifs is 3. The standard InChI is InChI=1S/C50H64F2N4O10S/c1-29(2)64-35-15-17-39(53-27-35)40-22-32-21-34(63-9)14-16-37(32)44(54-40)65-36-23-41-42(57)26-50(46(60)55-67(61,62)48(7)18-19-48)25-33(50)13-11-10-12-30(3)20-31(4)38(45(59)56(41)28-36)24-43(58)66-47(5,6)49(8,51)52/h11,13-17,21-22,27,29-31,33,36,38,41H,10,12,18-20,23-26,28H2,1-9H3,(H,55,60)/b13-11-/t30-,31+,33+,36+,38-,41-,50+/m0/s1. The van der Waals surface area contributed by atoms with E-state index in [1.54, 1.807) is 44.5 Å². The Morgan fingerprint density at radius 3 is 2.37 bits per heavy atom. The number of rotatable bonds is 13. The number of methoxy groups -OCH3 is 1. The molecule has 7 atom stereocenters. The molecule has 0 radical (unpaired) electrons. The third-order valence-electron chi connectivity index (χ3n) is 14.3. The molecule has 1 N–H and O–H groups in total. The van der Waals surface area contributed by atoms with Crippen LogP contribution >= 0.6 is 0 Å². The quantitative estimate of drug-likeness (QED) is 0.128. The minimum absolute atomic E-state index is 0.0285. The molecule has 7 rings (SSSR count). The van der Waals surface area contributed by atoms with Crippen molar-refractivity contribution in [3.05, 3.63) is 54.7 Å². The number of nitrogens with one attached hydrogen (secondary N) is 1. The van der Waals surface area contributed by atoms with Crippen molar-refractivity contribution >= 4 is 44.4 Å². The van der Waals surface area contributed by atoms with E-state index in [9.17, 15) is 31.6 Å². The zero-order chi connectivity index (χ0) is 48.9. The van der Waals surface area contributed by atoms with Crippen molar-refractivity contribution in [2.24, 2.45) is 29.1 Å². The molecule has 0 spiro atoms. The number of sulfonamides is 1. The fourth-order valence-electron chi connectivity index (χ4n) is 9.26. The molecule has 0 bridgehead atoms. The van der Waals surface area contributed by atoms with Gasteiger partial charge in [-0.2, -0.15) is 0 Å². The van der Waals surface area contributed by atoms with E-state index in [0.717, 1.165) is 13.8 Å². The molecule has 17 heteroatoms. The number of ether oxygens (including phenoxy) is 4. The highest BCUT2D eigenvalue weighted by Gasteiger charge is 2.63.